The number of benzene rings is 3. The lowest BCUT2D eigenvalue weighted by atomic mass is 10.1. The second kappa shape index (κ2) is 6.38. The van der Waals surface area contributed by atoms with Gasteiger partial charge in [0.15, 0.2) is 11.5 Å². The SMILES string of the molecule is O=S(=O)(NCCc1ccc2c(c1)OCO2)c1ccc2ccccc2c1. The molecule has 0 fully saturated rings. The fraction of sp³-hybridized carbons (Fsp3) is 0.158. The van der Waals surface area contributed by atoms with Gasteiger partial charge >= 0.3 is 0 Å². The number of hydrogen-bond acceptors (Lipinski definition) is 4. The van der Waals surface area contributed by atoms with Gasteiger partial charge in [-0.3, -0.25) is 0 Å². The van der Waals surface area contributed by atoms with Crippen molar-refractivity contribution in [1.82, 2.24) is 4.72 Å². The summed E-state index contributed by atoms with van der Waals surface area (Å²) in [6.45, 7) is 0.544. The Morgan fingerprint density at radius 1 is 0.880 bits per heavy atom. The zero-order valence-corrected chi connectivity index (χ0v) is 14.3. The molecule has 5 nitrogen and oxygen atoms in total. The smallest absolute Gasteiger partial charge is 0.240 e. The number of nitrogens with one attached hydrogen (secondary N) is 1. The molecule has 3 aromatic carbocycles. The number of rotatable bonds is 5. The summed E-state index contributed by atoms with van der Waals surface area (Å²) in [6, 6.07) is 18.5. The van der Waals surface area contributed by atoms with Gasteiger partial charge in [0.1, 0.15) is 0 Å². The van der Waals surface area contributed by atoms with E-state index < -0.39 is 10.0 Å². The summed E-state index contributed by atoms with van der Waals surface area (Å²) >= 11 is 0. The molecule has 4 rings (SSSR count). The molecule has 0 saturated carbocycles. The summed E-state index contributed by atoms with van der Waals surface area (Å²) in [4.78, 5) is 0.275. The van der Waals surface area contributed by atoms with Crippen molar-refractivity contribution in [2.75, 3.05) is 13.3 Å². The molecular weight excluding hydrogens is 338 g/mol. The van der Waals surface area contributed by atoms with Crippen molar-refractivity contribution < 1.29 is 17.9 Å². The summed E-state index contributed by atoms with van der Waals surface area (Å²) in [5.74, 6) is 1.43. The normalized spacial score (nSPS) is 13.3. The lowest BCUT2D eigenvalue weighted by molar-refractivity contribution is 0.174. The molecule has 0 atom stereocenters. The molecule has 0 unspecified atom stereocenters. The van der Waals surface area contributed by atoms with E-state index in [1.54, 1.807) is 12.1 Å². The average Bonchev–Trinajstić information content (AvgIpc) is 3.09. The highest BCUT2D eigenvalue weighted by Gasteiger charge is 2.15. The molecule has 128 valence electrons. The second-order valence-electron chi connectivity index (χ2n) is 5.84. The van der Waals surface area contributed by atoms with E-state index in [1.807, 2.05) is 48.5 Å². The van der Waals surface area contributed by atoms with Crippen molar-refractivity contribution in [3.8, 4) is 11.5 Å². The van der Waals surface area contributed by atoms with Crippen LogP contribution in [-0.4, -0.2) is 21.8 Å². The molecule has 0 bridgehead atoms. The van der Waals surface area contributed by atoms with E-state index in [9.17, 15) is 8.42 Å². The molecule has 1 aliphatic heterocycles. The third-order valence-corrected chi connectivity index (χ3v) is 5.63. The molecule has 1 aliphatic rings. The third-order valence-electron chi connectivity index (χ3n) is 4.17. The van der Waals surface area contributed by atoms with Crippen molar-refractivity contribution in [2.45, 2.75) is 11.3 Å². The van der Waals surface area contributed by atoms with Gasteiger partial charge in [-0.15, -0.1) is 0 Å². The molecule has 0 aromatic heterocycles. The van der Waals surface area contributed by atoms with E-state index in [1.165, 1.54) is 0 Å². The summed E-state index contributed by atoms with van der Waals surface area (Å²) in [6.07, 6.45) is 0.573. The van der Waals surface area contributed by atoms with Crippen LogP contribution in [0, 0.1) is 0 Å². The van der Waals surface area contributed by atoms with E-state index in [0.29, 0.717) is 18.7 Å². The zero-order valence-electron chi connectivity index (χ0n) is 13.4. The van der Waals surface area contributed by atoms with Crippen molar-refractivity contribution in [1.29, 1.82) is 0 Å². The molecule has 1 heterocycles. The molecule has 0 amide bonds. The topological polar surface area (TPSA) is 64.6 Å². The minimum atomic E-state index is -3.54. The predicted octanol–water partition coefficient (Wildman–Crippen LogP) is 3.09. The Morgan fingerprint density at radius 3 is 2.56 bits per heavy atom. The van der Waals surface area contributed by atoms with Crippen LogP contribution in [0.3, 0.4) is 0 Å². The Morgan fingerprint density at radius 2 is 1.68 bits per heavy atom. The van der Waals surface area contributed by atoms with Gasteiger partial charge in [0, 0.05) is 6.54 Å². The first-order valence-electron chi connectivity index (χ1n) is 7.99. The van der Waals surface area contributed by atoms with Crippen LogP contribution in [0.25, 0.3) is 10.8 Å². The van der Waals surface area contributed by atoms with Crippen LogP contribution in [0.2, 0.25) is 0 Å². The van der Waals surface area contributed by atoms with Crippen molar-refractivity contribution >= 4 is 20.8 Å². The number of hydrogen-bond donors (Lipinski definition) is 1. The standard InChI is InChI=1S/C19H17NO4S/c21-25(22,17-7-6-15-3-1-2-4-16(15)12-17)20-10-9-14-5-8-18-19(11-14)24-13-23-18/h1-8,11-12,20H,9-10,13H2. The average molecular weight is 355 g/mol. The maximum atomic E-state index is 12.5. The number of sulfonamides is 1. The lowest BCUT2D eigenvalue weighted by Crippen LogP contribution is -2.26. The van der Waals surface area contributed by atoms with E-state index in [2.05, 4.69) is 4.72 Å². The van der Waals surface area contributed by atoms with E-state index in [-0.39, 0.29) is 11.7 Å². The van der Waals surface area contributed by atoms with Crippen molar-refractivity contribution in [2.24, 2.45) is 0 Å². The minimum absolute atomic E-state index is 0.230. The van der Waals surface area contributed by atoms with Gasteiger partial charge in [-0.05, 0) is 47.0 Å². The quantitative estimate of drug-likeness (QED) is 0.764. The Kier molecular flexibility index (Phi) is 4.07. The Labute approximate surface area is 146 Å². The highest BCUT2D eigenvalue weighted by molar-refractivity contribution is 7.89. The predicted molar refractivity (Wildman–Crippen MR) is 95.4 cm³/mol. The van der Waals surface area contributed by atoms with Gasteiger partial charge < -0.3 is 9.47 Å². The fourth-order valence-electron chi connectivity index (χ4n) is 2.84. The van der Waals surface area contributed by atoms with E-state index in [4.69, 9.17) is 9.47 Å². The van der Waals surface area contributed by atoms with Gasteiger partial charge in [0.2, 0.25) is 16.8 Å². The summed E-state index contributed by atoms with van der Waals surface area (Å²) in [5.41, 5.74) is 0.991. The molecule has 0 spiro atoms. The van der Waals surface area contributed by atoms with Gasteiger partial charge in [-0.25, -0.2) is 13.1 Å². The largest absolute Gasteiger partial charge is 0.454 e. The van der Waals surface area contributed by atoms with E-state index >= 15 is 0 Å². The summed E-state index contributed by atoms with van der Waals surface area (Å²) < 4.78 is 38.3. The van der Waals surface area contributed by atoms with Crippen molar-refractivity contribution in [3.05, 3.63) is 66.2 Å². The van der Waals surface area contributed by atoms with Gasteiger partial charge in [0.25, 0.3) is 0 Å². The van der Waals surface area contributed by atoms with Crippen molar-refractivity contribution in [3.63, 3.8) is 0 Å². The molecule has 0 radical (unpaired) electrons. The summed E-state index contributed by atoms with van der Waals surface area (Å²) in [5, 5.41) is 1.92. The Balaban J connectivity index is 1.45. The summed E-state index contributed by atoms with van der Waals surface area (Å²) in [7, 11) is -3.54. The first kappa shape index (κ1) is 15.9. The maximum absolute atomic E-state index is 12.5. The van der Waals surface area contributed by atoms with Crippen LogP contribution >= 0.6 is 0 Å². The first-order chi connectivity index (χ1) is 12.1. The van der Waals surface area contributed by atoms with E-state index in [0.717, 1.165) is 22.1 Å². The number of fused-ring (bicyclic) bond motifs is 2. The highest BCUT2D eigenvalue weighted by atomic mass is 32.2. The highest BCUT2D eigenvalue weighted by Crippen LogP contribution is 2.32. The van der Waals surface area contributed by atoms with Crippen LogP contribution in [0.5, 0.6) is 11.5 Å². The monoisotopic (exact) mass is 355 g/mol. The lowest BCUT2D eigenvalue weighted by Gasteiger charge is -2.08. The maximum Gasteiger partial charge on any atom is 0.240 e. The molecule has 0 saturated heterocycles. The van der Waals surface area contributed by atoms with Gasteiger partial charge in [0.05, 0.1) is 4.90 Å². The van der Waals surface area contributed by atoms with Gasteiger partial charge in [-0.1, -0.05) is 36.4 Å². The molecular formula is C19H17NO4S. The zero-order chi connectivity index (χ0) is 17.3. The van der Waals surface area contributed by atoms with Crippen LogP contribution in [0.4, 0.5) is 0 Å². The van der Waals surface area contributed by atoms with Crippen LogP contribution in [0.1, 0.15) is 5.56 Å². The molecule has 6 heteroatoms. The first-order valence-corrected chi connectivity index (χ1v) is 9.47. The van der Waals surface area contributed by atoms with Crippen LogP contribution in [-0.2, 0) is 16.4 Å². The number of ether oxygens (including phenoxy) is 2. The third kappa shape index (κ3) is 3.31. The van der Waals surface area contributed by atoms with Crippen LogP contribution < -0.4 is 14.2 Å². The second-order valence-corrected chi connectivity index (χ2v) is 7.61. The Hall–Kier alpha value is -2.57. The molecule has 25 heavy (non-hydrogen) atoms. The Bertz CT molecular complexity index is 1030. The van der Waals surface area contributed by atoms with Gasteiger partial charge in [-0.2, -0.15) is 0 Å². The molecule has 1 N–H and O–H groups in total. The molecule has 0 aliphatic carbocycles. The van der Waals surface area contributed by atoms with Crippen LogP contribution in [0.15, 0.2) is 65.6 Å². The fourth-order valence-corrected chi connectivity index (χ4v) is 3.91. The minimum Gasteiger partial charge on any atom is -0.454 e. The molecule has 3 aromatic rings.